The SMILES string of the molecule is CCCN(CCC)C(=O)[C@@H]1Cc2sc3c(c2C1)[C@@H](c1ccccc1Cl)NCc1nnc(C)n1-3.CCCN(CCC)C(=O)[C@@H]1Cc2sc3c(c2C1)[C@H](c1ccccc1Cl)NCc1nnc(C)n1-3. The maximum absolute atomic E-state index is 13.4. The number of nitrogens with zero attached hydrogens (tertiary/aromatic N) is 8. The standard InChI is InChI=1S/2C25H30ClN5OS/c2*1-4-10-30(11-5-2)24(32)16-12-18-20(13-16)33-25-22(18)23(17-8-6-7-9-19(17)26)27-14-21-29-28-15(3)31(21)25/h2*6-9,16,23,27H,4-5,10-14H2,1-3H3/t16-,23+;16-,23-/m00/s1. The number of hydrogen-bond donors (Lipinski definition) is 2. The predicted molar refractivity (Wildman–Crippen MR) is 264 cm³/mol. The summed E-state index contributed by atoms with van der Waals surface area (Å²) >= 11 is 16.9. The van der Waals surface area contributed by atoms with Crippen LogP contribution in [0.2, 0.25) is 10.0 Å². The normalized spacial score (nSPS) is 19.0. The highest BCUT2D eigenvalue weighted by atomic mass is 35.5. The number of carbonyl (C=O) groups is 2. The van der Waals surface area contributed by atoms with E-state index in [4.69, 9.17) is 23.2 Å². The summed E-state index contributed by atoms with van der Waals surface area (Å²) in [5.74, 6) is 4.23. The van der Waals surface area contributed by atoms with Crippen LogP contribution < -0.4 is 10.6 Å². The molecule has 4 aliphatic rings. The fraction of sp³-hybridized carbons (Fsp3) is 0.480. The van der Waals surface area contributed by atoms with Gasteiger partial charge in [0.05, 0.1) is 25.2 Å². The first-order chi connectivity index (χ1) is 32.1. The number of benzene rings is 2. The van der Waals surface area contributed by atoms with E-state index in [9.17, 15) is 9.59 Å². The molecule has 4 atom stereocenters. The minimum absolute atomic E-state index is 0.0197. The molecule has 2 N–H and O–H groups in total. The molecule has 6 aromatic rings. The molecule has 6 heterocycles. The Labute approximate surface area is 406 Å². The molecule has 2 aliphatic heterocycles. The number of amides is 2. The Morgan fingerprint density at radius 1 is 0.606 bits per heavy atom. The maximum atomic E-state index is 13.4. The first-order valence-corrected chi connectivity index (χ1v) is 26.1. The van der Waals surface area contributed by atoms with Crippen molar-refractivity contribution in [3.8, 4) is 10.0 Å². The van der Waals surface area contributed by atoms with Crippen LogP contribution in [0.5, 0.6) is 0 Å². The van der Waals surface area contributed by atoms with E-state index in [0.29, 0.717) is 24.9 Å². The number of nitrogens with one attached hydrogen (secondary N) is 2. The molecule has 2 aliphatic carbocycles. The number of halogens is 2. The van der Waals surface area contributed by atoms with Crippen LogP contribution in [0.4, 0.5) is 0 Å². The Morgan fingerprint density at radius 3 is 1.35 bits per heavy atom. The molecule has 2 aromatic carbocycles. The van der Waals surface area contributed by atoms with Gasteiger partial charge >= 0.3 is 0 Å². The minimum atomic E-state index is -0.0500. The molecule has 2 amide bonds. The van der Waals surface area contributed by atoms with E-state index in [2.05, 4.69) is 89.8 Å². The number of thiophene rings is 2. The summed E-state index contributed by atoms with van der Waals surface area (Å²) in [6.45, 7) is 17.1. The van der Waals surface area contributed by atoms with Gasteiger partial charge in [-0.2, -0.15) is 0 Å². The summed E-state index contributed by atoms with van der Waals surface area (Å²) < 4.78 is 4.36. The summed E-state index contributed by atoms with van der Waals surface area (Å²) in [4.78, 5) is 33.6. The van der Waals surface area contributed by atoms with Crippen LogP contribution in [0.15, 0.2) is 48.5 Å². The number of aromatic nitrogens is 6. The van der Waals surface area contributed by atoms with Gasteiger partial charge in [0, 0.05) is 68.9 Å². The van der Waals surface area contributed by atoms with Crippen LogP contribution in [0, 0.1) is 25.7 Å². The van der Waals surface area contributed by atoms with Crippen LogP contribution >= 0.6 is 45.9 Å². The second-order valence-electron chi connectivity index (χ2n) is 18.0. The van der Waals surface area contributed by atoms with Crippen LogP contribution in [0.25, 0.3) is 10.0 Å². The fourth-order valence-corrected chi connectivity index (χ4v) is 14.1. The molecule has 0 radical (unpaired) electrons. The third-order valence-corrected chi connectivity index (χ3v) is 16.6. The Bertz CT molecular complexity index is 2540. The predicted octanol–water partition coefficient (Wildman–Crippen LogP) is 9.69. The van der Waals surface area contributed by atoms with Gasteiger partial charge in [0.25, 0.3) is 0 Å². The molecule has 10 rings (SSSR count). The molecule has 0 saturated heterocycles. The summed E-state index contributed by atoms with van der Waals surface area (Å²) in [5, 5.41) is 28.7. The molecule has 0 unspecified atom stereocenters. The van der Waals surface area contributed by atoms with Crippen molar-refractivity contribution in [2.24, 2.45) is 11.8 Å². The zero-order valence-electron chi connectivity index (χ0n) is 38.8. The van der Waals surface area contributed by atoms with E-state index in [0.717, 1.165) is 132 Å². The van der Waals surface area contributed by atoms with E-state index >= 15 is 0 Å². The molecule has 0 fully saturated rings. The third kappa shape index (κ3) is 8.66. The van der Waals surface area contributed by atoms with E-state index in [-0.39, 0.29) is 23.9 Å². The van der Waals surface area contributed by atoms with Crippen molar-refractivity contribution < 1.29 is 9.59 Å². The van der Waals surface area contributed by atoms with Crippen LogP contribution in [0.3, 0.4) is 0 Å². The van der Waals surface area contributed by atoms with E-state index < -0.39 is 0 Å². The Hall–Kier alpha value is -4.44. The van der Waals surface area contributed by atoms with Gasteiger partial charge in [-0.05, 0) is 99.6 Å². The molecule has 0 bridgehead atoms. The highest BCUT2D eigenvalue weighted by Crippen LogP contribution is 2.49. The second kappa shape index (κ2) is 20.0. The average molecular weight is 968 g/mol. The van der Waals surface area contributed by atoms with Gasteiger partial charge in [-0.15, -0.1) is 43.1 Å². The van der Waals surface area contributed by atoms with Crippen LogP contribution in [-0.4, -0.2) is 77.3 Å². The Morgan fingerprint density at radius 2 is 0.985 bits per heavy atom. The van der Waals surface area contributed by atoms with Crippen molar-refractivity contribution in [1.82, 2.24) is 50.0 Å². The molecule has 348 valence electrons. The minimum Gasteiger partial charge on any atom is -0.342 e. The molecule has 0 spiro atoms. The van der Waals surface area contributed by atoms with Gasteiger partial charge in [0.1, 0.15) is 21.7 Å². The van der Waals surface area contributed by atoms with Crippen molar-refractivity contribution in [2.45, 2.75) is 118 Å². The number of fused-ring (bicyclic) bond motifs is 10. The molecule has 16 heteroatoms. The smallest absolute Gasteiger partial charge is 0.226 e. The first-order valence-electron chi connectivity index (χ1n) is 23.7. The first kappa shape index (κ1) is 46.7. The summed E-state index contributed by atoms with van der Waals surface area (Å²) in [6, 6.07) is 16.0. The Balaban J connectivity index is 0.000000166. The van der Waals surface area contributed by atoms with E-state index in [1.165, 1.54) is 32.0 Å². The highest BCUT2D eigenvalue weighted by Gasteiger charge is 2.41. The topological polar surface area (TPSA) is 126 Å². The van der Waals surface area contributed by atoms with E-state index in [1.54, 1.807) is 22.7 Å². The fourth-order valence-electron chi connectivity index (χ4n) is 10.5. The zero-order chi connectivity index (χ0) is 46.2. The van der Waals surface area contributed by atoms with Crippen LogP contribution in [-0.2, 0) is 48.4 Å². The van der Waals surface area contributed by atoms with E-state index in [1.807, 2.05) is 50.2 Å². The lowest BCUT2D eigenvalue weighted by Crippen LogP contribution is -2.37. The molecule has 12 nitrogen and oxygen atoms in total. The molecular formula is C50H60Cl2N10O2S2. The van der Waals surface area contributed by atoms with Gasteiger partial charge in [0.15, 0.2) is 11.6 Å². The van der Waals surface area contributed by atoms with Gasteiger partial charge in [0.2, 0.25) is 11.8 Å². The molecular weight excluding hydrogens is 908 g/mol. The summed E-state index contributed by atoms with van der Waals surface area (Å²) in [5.41, 5.74) is 7.20. The van der Waals surface area contributed by atoms with Gasteiger partial charge in [-0.3, -0.25) is 29.4 Å². The molecule has 0 saturated carbocycles. The van der Waals surface area contributed by atoms with Gasteiger partial charge in [-0.1, -0.05) is 87.3 Å². The molecule has 4 aromatic heterocycles. The number of aryl methyl sites for hydroxylation is 2. The quantitative estimate of drug-likeness (QED) is 0.124. The van der Waals surface area contributed by atoms with Crippen molar-refractivity contribution >= 4 is 57.7 Å². The number of hydrogen-bond acceptors (Lipinski definition) is 10. The van der Waals surface area contributed by atoms with Crippen molar-refractivity contribution in [3.63, 3.8) is 0 Å². The highest BCUT2D eigenvalue weighted by molar-refractivity contribution is 7.15. The van der Waals surface area contributed by atoms with Crippen molar-refractivity contribution in [1.29, 1.82) is 0 Å². The summed E-state index contributed by atoms with van der Waals surface area (Å²) in [7, 11) is 0. The number of rotatable bonds is 12. The lowest BCUT2D eigenvalue weighted by Gasteiger charge is -2.25. The largest absolute Gasteiger partial charge is 0.342 e. The average Bonchev–Trinajstić information content (AvgIpc) is 4.15. The van der Waals surface area contributed by atoms with Gasteiger partial charge in [-0.25, -0.2) is 0 Å². The third-order valence-electron chi connectivity index (χ3n) is 13.4. The molecule has 66 heavy (non-hydrogen) atoms. The zero-order valence-corrected chi connectivity index (χ0v) is 41.9. The lowest BCUT2D eigenvalue weighted by atomic mass is 9.94. The second-order valence-corrected chi connectivity index (χ2v) is 21.0. The lowest BCUT2D eigenvalue weighted by molar-refractivity contribution is -0.136. The Kier molecular flexibility index (Phi) is 14.2. The van der Waals surface area contributed by atoms with Crippen LogP contribution in [0.1, 0.15) is 132 Å². The summed E-state index contributed by atoms with van der Waals surface area (Å²) in [6.07, 6.45) is 7.14. The van der Waals surface area contributed by atoms with Crippen molar-refractivity contribution in [2.75, 3.05) is 26.2 Å². The van der Waals surface area contributed by atoms with Crippen molar-refractivity contribution in [3.05, 3.63) is 125 Å². The number of carbonyl (C=O) groups excluding carboxylic acids is 2. The maximum Gasteiger partial charge on any atom is 0.226 e. The monoisotopic (exact) mass is 966 g/mol. The van der Waals surface area contributed by atoms with Gasteiger partial charge < -0.3 is 9.80 Å².